The molecule has 0 radical (unpaired) electrons. The third-order valence-electron chi connectivity index (χ3n) is 6.27. The second kappa shape index (κ2) is 6.05. The Kier molecular flexibility index (Phi) is 4.34. The molecule has 1 saturated carbocycles. The molecule has 3 aliphatic rings. The number of nitrogens with one attached hydrogen (secondary N) is 1. The molecule has 2 saturated heterocycles. The SMILES string of the molecule is CCC1CCC(C2C[C@@H]3CCC(N3)C2C(=O)OC)CC1. The van der Waals surface area contributed by atoms with Crippen molar-refractivity contribution in [1.29, 1.82) is 0 Å². The lowest BCUT2D eigenvalue weighted by atomic mass is 9.67. The summed E-state index contributed by atoms with van der Waals surface area (Å²) in [4.78, 5) is 12.3. The van der Waals surface area contributed by atoms with Crippen LogP contribution in [0.25, 0.3) is 0 Å². The summed E-state index contributed by atoms with van der Waals surface area (Å²) >= 11 is 0. The molecule has 3 nitrogen and oxygen atoms in total. The van der Waals surface area contributed by atoms with Gasteiger partial charge < -0.3 is 10.1 Å². The van der Waals surface area contributed by atoms with E-state index in [4.69, 9.17) is 4.74 Å². The average molecular weight is 279 g/mol. The predicted octanol–water partition coefficient (Wildman–Crippen LogP) is 3.13. The lowest BCUT2D eigenvalue weighted by Crippen LogP contribution is -2.51. The zero-order valence-corrected chi connectivity index (χ0v) is 12.9. The van der Waals surface area contributed by atoms with E-state index < -0.39 is 0 Å². The lowest BCUT2D eigenvalue weighted by Gasteiger charge is -2.42. The third-order valence-corrected chi connectivity index (χ3v) is 6.27. The second-order valence-electron chi connectivity index (χ2n) is 7.18. The summed E-state index contributed by atoms with van der Waals surface area (Å²) in [6.45, 7) is 2.31. The van der Waals surface area contributed by atoms with Crippen LogP contribution >= 0.6 is 0 Å². The maximum atomic E-state index is 12.3. The minimum absolute atomic E-state index is 0.0328. The molecule has 0 spiro atoms. The van der Waals surface area contributed by atoms with Gasteiger partial charge in [-0.05, 0) is 49.9 Å². The van der Waals surface area contributed by atoms with Crippen molar-refractivity contribution in [1.82, 2.24) is 5.32 Å². The topological polar surface area (TPSA) is 38.3 Å². The quantitative estimate of drug-likeness (QED) is 0.807. The number of esters is 1. The highest BCUT2D eigenvalue weighted by Gasteiger charge is 2.48. The lowest BCUT2D eigenvalue weighted by molar-refractivity contribution is -0.151. The smallest absolute Gasteiger partial charge is 0.310 e. The van der Waals surface area contributed by atoms with Crippen molar-refractivity contribution in [2.45, 2.75) is 70.4 Å². The first kappa shape index (κ1) is 14.4. The number of fused-ring (bicyclic) bond motifs is 2. The number of ether oxygens (including phenoxy) is 1. The summed E-state index contributed by atoms with van der Waals surface area (Å²) < 4.78 is 5.12. The molecule has 3 fully saturated rings. The maximum absolute atomic E-state index is 12.3. The minimum atomic E-state index is 0.0328. The van der Waals surface area contributed by atoms with E-state index in [9.17, 15) is 4.79 Å². The van der Waals surface area contributed by atoms with E-state index in [2.05, 4.69) is 12.2 Å². The van der Waals surface area contributed by atoms with Gasteiger partial charge in [0, 0.05) is 12.1 Å². The first-order valence-corrected chi connectivity index (χ1v) is 8.56. The van der Waals surface area contributed by atoms with Gasteiger partial charge in [-0.3, -0.25) is 4.79 Å². The summed E-state index contributed by atoms with van der Waals surface area (Å²) in [5, 5.41) is 3.64. The monoisotopic (exact) mass is 279 g/mol. The zero-order chi connectivity index (χ0) is 14.1. The molecule has 3 rings (SSSR count). The van der Waals surface area contributed by atoms with E-state index >= 15 is 0 Å². The van der Waals surface area contributed by atoms with Crippen molar-refractivity contribution in [2.24, 2.45) is 23.7 Å². The summed E-state index contributed by atoms with van der Waals surface area (Å²) in [6.07, 6.45) is 10.3. The molecule has 3 heteroatoms. The molecule has 4 atom stereocenters. The first-order valence-electron chi connectivity index (χ1n) is 8.56. The molecule has 2 bridgehead atoms. The van der Waals surface area contributed by atoms with Crippen molar-refractivity contribution in [2.75, 3.05) is 7.11 Å². The Morgan fingerprint density at radius 3 is 2.55 bits per heavy atom. The van der Waals surface area contributed by atoms with Crippen LogP contribution in [0.5, 0.6) is 0 Å². The Bertz CT molecular complexity index is 349. The van der Waals surface area contributed by atoms with Gasteiger partial charge in [0.2, 0.25) is 0 Å². The number of hydrogen-bond acceptors (Lipinski definition) is 3. The molecule has 2 aliphatic heterocycles. The number of carbonyl (C=O) groups excluding carboxylic acids is 1. The number of rotatable bonds is 3. The Morgan fingerprint density at radius 2 is 1.90 bits per heavy atom. The summed E-state index contributed by atoms with van der Waals surface area (Å²) in [7, 11) is 1.55. The summed E-state index contributed by atoms with van der Waals surface area (Å²) in [5.74, 6) is 2.40. The molecule has 1 aliphatic carbocycles. The van der Waals surface area contributed by atoms with Crippen molar-refractivity contribution >= 4 is 5.97 Å². The standard InChI is InChI=1S/C17H29NO2/c1-3-11-4-6-12(7-5-11)14-10-13-8-9-15(18-13)16(14)17(19)20-2/h11-16,18H,3-10H2,1-2H3/t11?,12?,13-,14?,15?,16?/m0/s1. The number of methoxy groups -OCH3 is 1. The molecule has 114 valence electrons. The average Bonchev–Trinajstić information content (AvgIpc) is 2.88. The maximum Gasteiger partial charge on any atom is 0.310 e. The van der Waals surface area contributed by atoms with E-state index in [-0.39, 0.29) is 11.9 Å². The normalized spacial score (nSPS) is 44.3. The van der Waals surface area contributed by atoms with Gasteiger partial charge in [0.25, 0.3) is 0 Å². The van der Waals surface area contributed by atoms with E-state index in [1.807, 2.05) is 0 Å². The fraction of sp³-hybridized carbons (Fsp3) is 0.941. The molecule has 0 aromatic carbocycles. The van der Waals surface area contributed by atoms with Gasteiger partial charge in [-0.2, -0.15) is 0 Å². The number of hydrogen-bond donors (Lipinski definition) is 1. The van der Waals surface area contributed by atoms with Crippen LogP contribution in [-0.2, 0) is 9.53 Å². The minimum Gasteiger partial charge on any atom is -0.469 e. The van der Waals surface area contributed by atoms with E-state index in [0.717, 1.165) is 18.3 Å². The van der Waals surface area contributed by atoms with Crippen molar-refractivity contribution in [3.05, 3.63) is 0 Å². The van der Waals surface area contributed by atoms with Crippen LogP contribution < -0.4 is 5.32 Å². The van der Waals surface area contributed by atoms with Crippen molar-refractivity contribution in [3.63, 3.8) is 0 Å². The highest BCUT2D eigenvalue weighted by atomic mass is 16.5. The van der Waals surface area contributed by atoms with Gasteiger partial charge in [-0.1, -0.05) is 26.2 Å². The summed E-state index contributed by atoms with van der Waals surface area (Å²) in [5.41, 5.74) is 0. The molecule has 0 aromatic rings. The van der Waals surface area contributed by atoms with Gasteiger partial charge in [0.15, 0.2) is 0 Å². The van der Waals surface area contributed by atoms with Gasteiger partial charge in [-0.25, -0.2) is 0 Å². The molecule has 0 amide bonds. The molecular weight excluding hydrogens is 250 g/mol. The van der Waals surface area contributed by atoms with Crippen LogP contribution in [0, 0.1) is 23.7 Å². The Labute approximate surface area is 122 Å². The van der Waals surface area contributed by atoms with Crippen LogP contribution in [0.4, 0.5) is 0 Å². The zero-order valence-electron chi connectivity index (χ0n) is 12.9. The fourth-order valence-corrected chi connectivity index (χ4v) is 5.08. The third kappa shape index (κ3) is 2.61. The first-order chi connectivity index (χ1) is 9.72. The van der Waals surface area contributed by atoms with E-state index in [1.54, 1.807) is 7.11 Å². The van der Waals surface area contributed by atoms with Crippen LogP contribution in [0.15, 0.2) is 0 Å². The second-order valence-corrected chi connectivity index (χ2v) is 7.18. The largest absolute Gasteiger partial charge is 0.469 e. The number of piperidine rings is 1. The Balaban J connectivity index is 1.71. The van der Waals surface area contributed by atoms with Crippen LogP contribution in [0.2, 0.25) is 0 Å². The van der Waals surface area contributed by atoms with Crippen molar-refractivity contribution < 1.29 is 9.53 Å². The molecule has 0 aromatic heterocycles. The van der Waals surface area contributed by atoms with E-state index in [1.165, 1.54) is 44.9 Å². The van der Waals surface area contributed by atoms with Crippen molar-refractivity contribution in [3.8, 4) is 0 Å². The van der Waals surface area contributed by atoms with Gasteiger partial charge in [0.1, 0.15) is 0 Å². The molecule has 2 heterocycles. The Hall–Kier alpha value is -0.570. The summed E-state index contributed by atoms with van der Waals surface area (Å²) in [6, 6.07) is 1.05. The van der Waals surface area contributed by atoms with Crippen LogP contribution in [0.3, 0.4) is 0 Å². The highest BCUT2D eigenvalue weighted by molar-refractivity contribution is 5.74. The molecule has 20 heavy (non-hydrogen) atoms. The highest BCUT2D eigenvalue weighted by Crippen LogP contribution is 2.45. The van der Waals surface area contributed by atoms with Crippen LogP contribution in [0.1, 0.15) is 58.3 Å². The predicted molar refractivity (Wildman–Crippen MR) is 79.3 cm³/mol. The molecule has 3 unspecified atom stereocenters. The Morgan fingerprint density at radius 1 is 1.15 bits per heavy atom. The number of carbonyl (C=O) groups is 1. The fourth-order valence-electron chi connectivity index (χ4n) is 5.08. The van der Waals surface area contributed by atoms with Gasteiger partial charge in [-0.15, -0.1) is 0 Å². The molecule has 1 N–H and O–H groups in total. The molecular formula is C17H29NO2. The van der Waals surface area contributed by atoms with Gasteiger partial charge in [0.05, 0.1) is 13.0 Å². The van der Waals surface area contributed by atoms with Gasteiger partial charge >= 0.3 is 5.97 Å². The van der Waals surface area contributed by atoms with Crippen LogP contribution in [-0.4, -0.2) is 25.2 Å². The van der Waals surface area contributed by atoms with E-state index in [0.29, 0.717) is 18.0 Å².